The number of benzene rings is 2. The molecular formula is C24H31NO6. The average molecular weight is 430 g/mol. The number of carbonyl (C=O) groups excluding carboxylic acids is 1. The van der Waals surface area contributed by atoms with E-state index < -0.39 is 0 Å². The van der Waals surface area contributed by atoms with Gasteiger partial charge in [-0.15, -0.1) is 0 Å². The minimum atomic E-state index is -0.0500. The minimum absolute atomic E-state index is 0.0500. The van der Waals surface area contributed by atoms with Crippen molar-refractivity contribution in [2.75, 3.05) is 27.9 Å². The van der Waals surface area contributed by atoms with E-state index in [4.69, 9.17) is 23.7 Å². The van der Waals surface area contributed by atoms with Crippen molar-refractivity contribution in [3.8, 4) is 28.7 Å². The molecule has 1 amide bonds. The molecule has 0 saturated heterocycles. The lowest BCUT2D eigenvalue weighted by atomic mass is 10.1. The van der Waals surface area contributed by atoms with E-state index in [-0.39, 0.29) is 12.0 Å². The molecule has 2 aromatic rings. The monoisotopic (exact) mass is 429 g/mol. The molecule has 31 heavy (non-hydrogen) atoms. The Morgan fingerprint density at radius 1 is 1.06 bits per heavy atom. The van der Waals surface area contributed by atoms with Gasteiger partial charge in [-0.05, 0) is 50.1 Å². The summed E-state index contributed by atoms with van der Waals surface area (Å²) in [6.07, 6.45) is 1.91. The molecule has 2 aromatic carbocycles. The van der Waals surface area contributed by atoms with Crippen molar-refractivity contribution in [1.82, 2.24) is 5.32 Å². The third-order valence-corrected chi connectivity index (χ3v) is 5.22. The van der Waals surface area contributed by atoms with E-state index in [1.165, 1.54) is 0 Å². The van der Waals surface area contributed by atoms with E-state index in [9.17, 15) is 4.79 Å². The first kappa shape index (κ1) is 22.6. The van der Waals surface area contributed by atoms with Crippen LogP contribution in [-0.4, -0.2) is 39.9 Å². The van der Waals surface area contributed by atoms with Gasteiger partial charge in [-0.1, -0.05) is 0 Å². The van der Waals surface area contributed by atoms with Crippen LogP contribution >= 0.6 is 0 Å². The van der Waals surface area contributed by atoms with Crippen LogP contribution in [0.25, 0.3) is 0 Å². The predicted molar refractivity (Wildman–Crippen MR) is 118 cm³/mol. The molecule has 0 aliphatic carbocycles. The Balaban J connectivity index is 1.63. The number of ether oxygens (including phenoxy) is 5. The van der Waals surface area contributed by atoms with E-state index in [1.54, 1.807) is 21.3 Å². The van der Waals surface area contributed by atoms with Crippen molar-refractivity contribution in [3.05, 3.63) is 41.0 Å². The van der Waals surface area contributed by atoms with Crippen molar-refractivity contribution in [3.63, 3.8) is 0 Å². The van der Waals surface area contributed by atoms with Crippen molar-refractivity contribution in [2.45, 2.75) is 45.8 Å². The van der Waals surface area contributed by atoms with Crippen molar-refractivity contribution < 1.29 is 28.5 Å². The lowest BCUT2D eigenvalue weighted by Gasteiger charge is -2.15. The maximum Gasteiger partial charge on any atom is 0.220 e. The van der Waals surface area contributed by atoms with Gasteiger partial charge in [-0.3, -0.25) is 4.79 Å². The number of carbonyl (C=O) groups is 1. The van der Waals surface area contributed by atoms with Crippen LogP contribution in [0, 0.1) is 0 Å². The Morgan fingerprint density at radius 3 is 2.39 bits per heavy atom. The number of aryl methyl sites for hydroxylation is 1. The average Bonchev–Trinajstić information content (AvgIpc) is 3.14. The lowest BCUT2D eigenvalue weighted by Crippen LogP contribution is -2.23. The highest BCUT2D eigenvalue weighted by Crippen LogP contribution is 2.38. The highest BCUT2D eigenvalue weighted by Gasteiger charge is 2.22. The summed E-state index contributed by atoms with van der Waals surface area (Å²) in [5.41, 5.74) is 2.99. The Labute approximate surface area is 183 Å². The van der Waals surface area contributed by atoms with Crippen molar-refractivity contribution in [1.29, 1.82) is 0 Å². The fourth-order valence-corrected chi connectivity index (χ4v) is 3.73. The summed E-state index contributed by atoms with van der Waals surface area (Å²) in [6.45, 7) is 4.95. The van der Waals surface area contributed by atoms with Crippen LogP contribution in [0.3, 0.4) is 0 Å². The number of fused-ring (bicyclic) bond motifs is 1. The van der Waals surface area contributed by atoms with Gasteiger partial charge in [0.25, 0.3) is 0 Å². The molecule has 7 heteroatoms. The third-order valence-electron chi connectivity index (χ3n) is 5.22. The molecule has 0 bridgehead atoms. The topological polar surface area (TPSA) is 75.3 Å². The SMILES string of the molecule is CCOc1cc2c(cc1CNC(=O)CCc1cc(OC)c(OC)c(OC)c1)O[C@H](C)C2. The van der Waals surface area contributed by atoms with Crippen LogP contribution in [0.15, 0.2) is 24.3 Å². The Hall–Kier alpha value is -3.09. The number of hydrogen-bond donors (Lipinski definition) is 1. The molecule has 0 radical (unpaired) electrons. The van der Waals surface area contributed by atoms with Gasteiger partial charge in [0.05, 0.1) is 27.9 Å². The molecule has 0 spiro atoms. The zero-order valence-electron chi connectivity index (χ0n) is 18.9. The van der Waals surface area contributed by atoms with Gasteiger partial charge in [0.2, 0.25) is 11.7 Å². The predicted octanol–water partition coefficient (Wildman–Crippen LogP) is 3.68. The summed E-state index contributed by atoms with van der Waals surface area (Å²) >= 11 is 0. The van der Waals surface area contributed by atoms with Gasteiger partial charge in [0.15, 0.2) is 11.5 Å². The van der Waals surface area contributed by atoms with Crippen LogP contribution in [0.1, 0.15) is 37.0 Å². The molecular weight excluding hydrogens is 398 g/mol. The van der Waals surface area contributed by atoms with E-state index in [2.05, 4.69) is 5.32 Å². The number of amides is 1. The lowest BCUT2D eigenvalue weighted by molar-refractivity contribution is -0.121. The van der Waals surface area contributed by atoms with Gasteiger partial charge < -0.3 is 29.0 Å². The van der Waals surface area contributed by atoms with Gasteiger partial charge >= 0.3 is 0 Å². The molecule has 0 aromatic heterocycles. The normalized spacial score (nSPS) is 14.4. The van der Waals surface area contributed by atoms with Gasteiger partial charge in [0.1, 0.15) is 17.6 Å². The summed E-state index contributed by atoms with van der Waals surface area (Å²) in [5, 5.41) is 2.99. The van der Waals surface area contributed by atoms with Gasteiger partial charge in [-0.25, -0.2) is 0 Å². The molecule has 1 atom stereocenters. The van der Waals surface area contributed by atoms with Crippen LogP contribution < -0.4 is 29.0 Å². The second-order valence-corrected chi connectivity index (χ2v) is 7.44. The first-order chi connectivity index (χ1) is 15.0. The second-order valence-electron chi connectivity index (χ2n) is 7.44. The first-order valence-corrected chi connectivity index (χ1v) is 10.5. The second kappa shape index (κ2) is 10.3. The van der Waals surface area contributed by atoms with E-state index >= 15 is 0 Å². The van der Waals surface area contributed by atoms with Gasteiger partial charge in [-0.2, -0.15) is 0 Å². The van der Waals surface area contributed by atoms with Crippen molar-refractivity contribution in [2.24, 2.45) is 0 Å². The number of hydrogen-bond acceptors (Lipinski definition) is 6. The standard InChI is InChI=1S/C24H31NO6/c1-6-30-19-12-17-9-15(2)31-20(17)13-18(19)14-25-23(26)8-7-16-10-21(27-3)24(29-5)22(11-16)28-4/h10-13,15H,6-9,14H2,1-5H3,(H,25,26)/t15-/m1/s1. The Bertz CT molecular complexity index is 902. The highest BCUT2D eigenvalue weighted by atomic mass is 16.5. The number of nitrogens with one attached hydrogen (secondary N) is 1. The molecule has 1 heterocycles. The third kappa shape index (κ3) is 5.34. The van der Waals surface area contributed by atoms with Gasteiger partial charge in [0, 0.05) is 30.5 Å². The summed E-state index contributed by atoms with van der Waals surface area (Å²) in [6, 6.07) is 7.73. The largest absolute Gasteiger partial charge is 0.494 e. The Morgan fingerprint density at radius 2 is 1.77 bits per heavy atom. The molecule has 0 fully saturated rings. The molecule has 7 nitrogen and oxygen atoms in total. The highest BCUT2D eigenvalue weighted by molar-refractivity contribution is 5.76. The molecule has 0 unspecified atom stereocenters. The number of rotatable bonds is 10. The summed E-state index contributed by atoms with van der Waals surface area (Å²) in [5.74, 6) is 3.30. The molecule has 0 saturated carbocycles. The zero-order valence-corrected chi connectivity index (χ0v) is 18.9. The minimum Gasteiger partial charge on any atom is -0.494 e. The smallest absolute Gasteiger partial charge is 0.220 e. The van der Waals surface area contributed by atoms with Crippen molar-refractivity contribution >= 4 is 5.91 Å². The van der Waals surface area contributed by atoms with E-state index in [0.29, 0.717) is 43.2 Å². The fourth-order valence-electron chi connectivity index (χ4n) is 3.73. The molecule has 3 rings (SSSR count). The maximum atomic E-state index is 12.5. The van der Waals surface area contributed by atoms with E-state index in [0.717, 1.165) is 34.6 Å². The zero-order chi connectivity index (χ0) is 22.4. The van der Waals surface area contributed by atoms with E-state index in [1.807, 2.05) is 38.1 Å². The summed E-state index contributed by atoms with van der Waals surface area (Å²) in [4.78, 5) is 12.5. The van der Waals surface area contributed by atoms with Crippen LogP contribution in [0.4, 0.5) is 0 Å². The molecule has 1 N–H and O–H groups in total. The first-order valence-electron chi connectivity index (χ1n) is 10.5. The quantitative estimate of drug-likeness (QED) is 0.621. The fraction of sp³-hybridized carbons (Fsp3) is 0.458. The number of methoxy groups -OCH3 is 3. The van der Waals surface area contributed by atoms with Crippen LogP contribution in [-0.2, 0) is 24.2 Å². The van der Waals surface area contributed by atoms with Crippen LogP contribution in [0.2, 0.25) is 0 Å². The summed E-state index contributed by atoms with van der Waals surface area (Å²) < 4.78 is 27.7. The molecule has 168 valence electrons. The Kier molecular flexibility index (Phi) is 7.50. The maximum absolute atomic E-state index is 12.5. The summed E-state index contributed by atoms with van der Waals surface area (Å²) in [7, 11) is 4.71. The molecule has 1 aliphatic heterocycles. The molecule has 1 aliphatic rings. The van der Waals surface area contributed by atoms with Crippen LogP contribution in [0.5, 0.6) is 28.7 Å².